The Labute approximate surface area is 137 Å². The van der Waals surface area contributed by atoms with E-state index in [9.17, 15) is 4.79 Å². The van der Waals surface area contributed by atoms with Gasteiger partial charge in [0, 0.05) is 15.1 Å². The molecule has 2 rings (SSSR count). The maximum atomic E-state index is 12.0. The molecule has 0 atom stereocenters. The third kappa shape index (κ3) is 4.01. The topological polar surface area (TPSA) is 26.3 Å². The monoisotopic (exact) mass is 340 g/mol. The predicted octanol–water partition coefficient (Wildman–Crippen LogP) is 5.36. The number of benzene rings is 2. The molecule has 2 aromatic carbocycles. The van der Waals surface area contributed by atoms with Crippen molar-refractivity contribution in [3.63, 3.8) is 0 Å². The summed E-state index contributed by atoms with van der Waals surface area (Å²) in [5.74, 6) is -0.455. The molecule has 108 valence electrons. The predicted molar refractivity (Wildman–Crippen MR) is 87.8 cm³/mol. The Morgan fingerprint density at radius 2 is 1.62 bits per heavy atom. The van der Waals surface area contributed by atoms with Gasteiger partial charge in [0.05, 0.1) is 12.7 Å². The van der Waals surface area contributed by atoms with E-state index in [0.717, 1.165) is 0 Å². The molecule has 0 spiro atoms. The summed E-state index contributed by atoms with van der Waals surface area (Å²) in [6.45, 7) is 0. The van der Waals surface area contributed by atoms with Gasteiger partial charge in [0.15, 0.2) is 0 Å². The molecular weight excluding hydrogens is 331 g/mol. The van der Waals surface area contributed by atoms with Gasteiger partial charge in [-0.05, 0) is 41.5 Å². The molecule has 0 heterocycles. The number of ether oxygens (including phenoxy) is 1. The summed E-state index contributed by atoms with van der Waals surface area (Å²) in [4.78, 5) is 12.0. The molecular formula is C16H11Cl3O2. The van der Waals surface area contributed by atoms with Crippen LogP contribution in [0, 0.1) is 0 Å². The molecule has 0 amide bonds. The third-order valence-corrected chi connectivity index (χ3v) is 3.64. The molecule has 0 N–H and O–H groups in total. The second-order valence-electron chi connectivity index (χ2n) is 4.22. The zero-order valence-corrected chi connectivity index (χ0v) is 13.3. The Balaban J connectivity index is 2.52. The number of hydrogen-bond acceptors (Lipinski definition) is 2. The molecule has 5 heteroatoms. The fraction of sp³-hybridized carbons (Fsp3) is 0.0625. The number of carbonyl (C=O) groups excluding carboxylic acids is 1. The molecule has 0 saturated heterocycles. The molecule has 0 unspecified atom stereocenters. The Kier molecular flexibility index (Phi) is 5.29. The van der Waals surface area contributed by atoms with Gasteiger partial charge in [-0.25, -0.2) is 4.79 Å². The summed E-state index contributed by atoms with van der Waals surface area (Å²) in [6, 6.07) is 12.0. The molecule has 0 aliphatic rings. The minimum Gasteiger partial charge on any atom is -0.465 e. The summed E-state index contributed by atoms with van der Waals surface area (Å²) in [5, 5.41) is 1.58. The third-order valence-electron chi connectivity index (χ3n) is 2.82. The van der Waals surface area contributed by atoms with Crippen molar-refractivity contribution in [1.82, 2.24) is 0 Å². The van der Waals surface area contributed by atoms with Crippen molar-refractivity contribution in [3.8, 4) is 0 Å². The highest BCUT2D eigenvalue weighted by Crippen LogP contribution is 2.27. The van der Waals surface area contributed by atoms with E-state index in [1.165, 1.54) is 7.11 Å². The van der Waals surface area contributed by atoms with Crippen molar-refractivity contribution in [2.24, 2.45) is 0 Å². The molecule has 2 nitrogen and oxygen atoms in total. The van der Waals surface area contributed by atoms with Crippen LogP contribution in [-0.4, -0.2) is 13.1 Å². The smallest absolute Gasteiger partial charge is 0.338 e. The summed E-state index contributed by atoms with van der Waals surface area (Å²) in [5.41, 5.74) is 1.76. The van der Waals surface area contributed by atoms with Gasteiger partial charge < -0.3 is 4.74 Å². The lowest BCUT2D eigenvalue weighted by Gasteiger charge is -2.07. The highest BCUT2D eigenvalue weighted by atomic mass is 35.5. The van der Waals surface area contributed by atoms with Crippen molar-refractivity contribution in [2.75, 3.05) is 7.11 Å². The second-order valence-corrected chi connectivity index (χ2v) is 5.50. The minimum absolute atomic E-state index is 0.387. The van der Waals surface area contributed by atoms with E-state index < -0.39 is 5.97 Å². The lowest BCUT2D eigenvalue weighted by Crippen LogP contribution is -2.03. The van der Waals surface area contributed by atoms with Gasteiger partial charge in [0.2, 0.25) is 0 Å². The first-order valence-corrected chi connectivity index (χ1v) is 7.15. The van der Waals surface area contributed by atoms with E-state index >= 15 is 0 Å². The molecule has 2 aromatic rings. The maximum absolute atomic E-state index is 12.0. The Morgan fingerprint density at radius 3 is 2.19 bits per heavy atom. The highest BCUT2D eigenvalue weighted by Gasteiger charge is 2.13. The quantitative estimate of drug-likeness (QED) is 0.427. The van der Waals surface area contributed by atoms with Gasteiger partial charge in [0.1, 0.15) is 0 Å². The second kappa shape index (κ2) is 6.99. The standard InChI is InChI=1S/C16H11Cl3O2/c1-21-16(20)14(10-2-5-12(17)6-3-10)8-11-4-7-13(18)9-15(11)19/h2-9H,1H3/b14-8-. The lowest BCUT2D eigenvalue weighted by atomic mass is 10.0. The van der Waals surface area contributed by atoms with Gasteiger partial charge in [-0.1, -0.05) is 53.0 Å². The summed E-state index contributed by atoms with van der Waals surface area (Å²) < 4.78 is 4.82. The number of halogens is 3. The van der Waals surface area contributed by atoms with Crippen LogP contribution in [0.2, 0.25) is 15.1 Å². The zero-order chi connectivity index (χ0) is 15.4. The molecule has 0 saturated carbocycles. The van der Waals surface area contributed by atoms with Gasteiger partial charge in [0.25, 0.3) is 0 Å². The highest BCUT2D eigenvalue weighted by molar-refractivity contribution is 6.36. The first-order chi connectivity index (χ1) is 10.0. The molecule has 0 aliphatic carbocycles. The number of carbonyl (C=O) groups is 1. The normalized spacial score (nSPS) is 11.3. The van der Waals surface area contributed by atoms with Crippen molar-refractivity contribution in [2.45, 2.75) is 0 Å². The Bertz CT molecular complexity index is 691. The SMILES string of the molecule is COC(=O)/C(=C\c1ccc(Cl)cc1Cl)c1ccc(Cl)cc1. The van der Waals surface area contributed by atoms with Crippen LogP contribution in [0.3, 0.4) is 0 Å². The summed E-state index contributed by atoms with van der Waals surface area (Å²) >= 11 is 17.9. The van der Waals surface area contributed by atoms with Crippen LogP contribution in [0.5, 0.6) is 0 Å². The summed E-state index contributed by atoms with van der Waals surface area (Å²) in [7, 11) is 1.33. The molecule has 0 bridgehead atoms. The fourth-order valence-corrected chi connectivity index (χ4v) is 2.36. The van der Waals surface area contributed by atoms with Crippen molar-refractivity contribution < 1.29 is 9.53 Å². The molecule has 0 aliphatic heterocycles. The van der Waals surface area contributed by atoms with Gasteiger partial charge in [-0.2, -0.15) is 0 Å². The van der Waals surface area contributed by atoms with Gasteiger partial charge >= 0.3 is 5.97 Å². The maximum Gasteiger partial charge on any atom is 0.338 e. The molecule has 0 aromatic heterocycles. The van der Waals surface area contributed by atoms with E-state index in [-0.39, 0.29) is 0 Å². The molecule has 0 fully saturated rings. The Hall–Kier alpha value is -1.48. The number of methoxy groups -OCH3 is 1. The van der Waals surface area contributed by atoms with Crippen LogP contribution in [0.4, 0.5) is 0 Å². The number of hydrogen-bond donors (Lipinski definition) is 0. The summed E-state index contributed by atoms with van der Waals surface area (Å²) in [6.07, 6.45) is 1.66. The Morgan fingerprint density at radius 1 is 1.00 bits per heavy atom. The van der Waals surface area contributed by atoms with Crippen molar-refractivity contribution >= 4 is 52.4 Å². The van der Waals surface area contributed by atoms with Crippen LogP contribution < -0.4 is 0 Å². The van der Waals surface area contributed by atoms with Crippen LogP contribution in [0.1, 0.15) is 11.1 Å². The minimum atomic E-state index is -0.455. The average Bonchev–Trinajstić information content (AvgIpc) is 2.47. The van der Waals surface area contributed by atoms with E-state index in [4.69, 9.17) is 39.5 Å². The van der Waals surface area contributed by atoms with E-state index in [1.54, 1.807) is 48.5 Å². The van der Waals surface area contributed by atoms with E-state index in [0.29, 0.717) is 31.8 Å². The van der Waals surface area contributed by atoms with Crippen LogP contribution in [0.15, 0.2) is 42.5 Å². The van der Waals surface area contributed by atoms with Gasteiger partial charge in [-0.3, -0.25) is 0 Å². The first kappa shape index (κ1) is 15.9. The number of esters is 1. The van der Waals surface area contributed by atoms with Crippen LogP contribution in [-0.2, 0) is 9.53 Å². The first-order valence-electron chi connectivity index (χ1n) is 6.02. The lowest BCUT2D eigenvalue weighted by molar-refractivity contribution is -0.133. The van der Waals surface area contributed by atoms with Gasteiger partial charge in [-0.15, -0.1) is 0 Å². The van der Waals surface area contributed by atoms with E-state index in [2.05, 4.69) is 0 Å². The fourth-order valence-electron chi connectivity index (χ4n) is 1.77. The molecule has 0 radical (unpaired) electrons. The van der Waals surface area contributed by atoms with Crippen LogP contribution in [0.25, 0.3) is 11.6 Å². The van der Waals surface area contributed by atoms with Crippen LogP contribution >= 0.6 is 34.8 Å². The van der Waals surface area contributed by atoms with Crippen molar-refractivity contribution in [3.05, 3.63) is 68.7 Å². The average molecular weight is 342 g/mol. The largest absolute Gasteiger partial charge is 0.465 e. The molecule has 21 heavy (non-hydrogen) atoms. The van der Waals surface area contributed by atoms with E-state index in [1.807, 2.05) is 0 Å². The zero-order valence-electron chi connectivity index (χ0n) is 11.1. The number of rotatable bonds is 3. The van der Waals surface area contributed by atoms with Crippen molar-refractivity contribution in [1.29, 1.82) is 0 Å².